The van der Waals surface area contributed by atoms with Gasteiger partial charge in [0.2, 0.25) is 10.0 Å². The molecule has 0 saturated carbocycles. The molecule has 2 aromatic rings. The largest absolute Gasteiger partial charge is 0.357 e. The van der Waals surface area contributed by atoms with Gasteiger partial charge in [-0.1, -0.05) is 35.1 Å². The molecule has 3 N–H and O–H groups in total. The molecule has 2 rings (SSSR count). The van der Waals surface area contributed by atoms with Gasteiger partial charge in [0, 0.05) is 11.6 Å². The van der Waals surface area contributed by atoms with E-state index in [2.05, 4.69) is 10.3 Å². The Morgan fingerprint density at radius 2 is 2.22 bits per heavy atom. The van der Waals surface area contributed by atoms with Crippen molar-refractivity contribution < 1.29 is 8.42 Å². The molecule has 0 aliphatic rings. The summed E-state index contributed by atoms with van der Waals surface area (Å²) in [5.74, 6) is 0. The zero-order valence-electron chi connectivity index (χ0n) is 9.13. The van der Waals surface area contributed by atoms with Gasteiger partial charge in [0.15, 0.2) is 9.34 Å². The zero-order chi connectivity index (χ0) is 13.2. The van der Waals surface area contributed by atoms with Crippen molar-refractivity contribution in [1.82, 2.24) is 4.98 Å². The van der Waals surface area contributed by atoms with Crippen molar-refractivity contribution in [2.75, 3.05) is 5.32 Å². The fraction of sp³-hybridized carbons (Fsp3) is 0.100. The van der Waals surface area contributed by atoms with Crippen molar-refractivity contribution in [2.24, 2.45) is 5.14 Å². The van der Waals surface area contributed by atoms with Gasteiger partial charge in [-0.05, 0) is 17.7 Å². The lowest BCUT2D eigenvalue weighted by atomic mass is 10.2. The average Bonchev–Trinajstić information content (AvgIpc) is 2.74. The van der Waals surface area contributed by atoms with Crippen molar-refractivity contribution in [3.63, 3.8) is 0 Å². The van der Waals surface area contributed by atoms with E-state index >= 15 is 0 Å². The van der Waals surface area contributed by atoms with E-state index in [-0.39, 0.29) is 4.21 Å². The molecule has 5 nitrogen and oxygen atoms in total. The number of nitrogens with zero attached hydrogens (tertiary/aromatic N) is 1. The summed E-state index contributed by atoms with van der Waals surface area (Å²) in [6.45, 7) is 0.512. The van der Waals surface area contributed by atoms with Crippen LogP contribution in [-0.2, 0) is 16.6 Å². The first kappa shape index (κ1) is 13.3. The molecular formula is C10H10ClN3O2S2. The summed E-state index contributed by atoms with van der Waals surface area (Å²) < 4.78 is 22.2. The van der Waals surface area contributed by atoms with E-state index in [9.17, 15) is 8.42 Å². The van der Waals surface area contributed by atoms with Gasteiger partial charge in [-0.15, -0.1) is 0 Å². The lowest BCUT2D eigenvalue weighted by Gasteiger charge is -2.02. The molecule has 0 amide bonds. The number of hydrogen-bond acceptors (Lipinski definition) is 5. The normalized spacial score (nSPS) is 11.4. The van der Waals surface area contributed by atoms with Crippen molar-refractivity contribution in [2.45, 2.75) is 10.8 Å². The molecule has 1 heterocycles. The summed E-state index contributed by atoms with van der Waals surface area (Å²) >= 11 is 6.85. The highest BCUT2D eigenvalue weighted by Gasteiger charge is 2.12. The van der Waals surface area contributed by atoms with Gasteiger partial charge in [-0.25, -0.2) is 18.5 Å². The molecule has 0 bridgehead atoms. The number of anilines is 1. The first-order valence-electron chi connectivity index (χ1n) is 4.92. The van der Waals surface area contributed by atoms with Crippen LogP contribution in [0, 0.1) is 0 Å². The minimum Gasteiger partial charge on any atom is -0.357 e. The molecule has 0 atom stereocenters. The van der Waals surface area contributed by atoms with Gasteiger partial charge in [0.05, 0.1) is 6.20 Å². The summed E-state index contributed by atoms with van der Waals surface area (Å²) in [5, 5.41) is 9.15. The molecule has 0 spiro atoms. The maximum atomic E-state index is 11.1. The van der Waals surface area contributed by atoms with Crippen LogP contribution in [0.25, 0.3) is 0 Å². The number of nitrogens with one attached hydrogen (secondary N) is 1. The summed E-state index contributed by atoms with van der Waals surface area (Å²) in [4.78, 5) is 3.94. The first-order chi connectivity index (χ1) is 8.45. The first-order valence-corrected chi connectivity index (χ1v) is 7.66. The zero-order valence-corrected chi connectivity index (χ0v) is 11.5. The molecule has 0 fully saturated rings. The van der Waals surface area contributed by atoms with Crippen LogP contribution in [0.1, 0.15) is 5.56 Å². The number of aromatic nitrogens is 1. The van der Waals surface area contributed by atoms with E-state index in [1.165, 1.54) is 6.20 Å². The Morgan fingerprint density at radius 1 is 1.44 bits per heavy atom. The van der Waals surface area contributed by atoms with E-state index in [0.29, 0.717) is 16.7 Å². The Hall–Kier alpha value is -1.15. The monoisotopic (exact) mass is 303 g/mol. The maximum absolute atomic E-state index is 11.1. The van der Waals surface area contributed by atoms with Gasteiger partial charge < -0.3 is 5.32 Å². The number of thiazole rings is 1. The van der Waals surface area contributed by atoms with Gasteiger partial charge in [-0.2, -0.15) is 0 Å². The molecule has 0 unspecified atom stereocenters. The highest BCUT2D eigenvalue weighted by Crippen LogP contribution is 2.22. The third-order valence-corrected chi connectivity index (χ3v) is 4.70. The number of sulfonamides is 1. The molecule has 0 saturated heterocycles. The Balaban J connectivity index is 2.05. The second kappa shape index (κ2) is 5.23. The molecule has 18 heavy (non-hydrogen) atoms. The molecule has 1 aromatic carbocycles. The average molecular weight is 304 g/mol. The lowest BCUT2D eigenvalue weighted by molar-refractivity contribution is 0.599. The van der Waals surface area contributed by atoms with Gasteiger partial charge >= 0.3 is 0 Å². The number of hydrogen-bond donors (Lipinski definition) is 2. The van der Waals surface area contributed by atoms with Crippen molar-refractivity contribution >= 4 is 38.1 Å². The van der Waals surface area contributed by atoms with E-state index in [4.69, 9.17) is 16.7 Å². The molecule has 0 radical (unpaired) electrons. The SMILES string of the molecule is NS(=O)(=O)c1cnc(NCc2cccc(Cl)c2)s1. The number of benzene rings is 1. The highest BCUT2D eigenvalue weighted by molar-refractivity contribution is 7.91. The molecule has 8 heteroatoms. The van der Waals surface area contributed by atoms with Crippen LogP contribution in [0.15, 0.2) is 34.7 Å². The Bertz CT molecular complexity index is 655. The van der Waals surface area contributed by atoms with Gasteiger partial charge in [0.1, 0.15) is 0 Å². The van der Waals surface area contributed by atoms with E-state index in [1.807, 2.05) is 18.2 Å². The Labute approximate surface area is 114 Å². The third-order valence-electron chi connectivity index (χ3n) is 2.10. The van der Waals surface area contributed by atoms with Crippen LogP contribution in [0.3, 0.4) is 0 Å². The predicted octanol–water partition coefficient (Wildman–Crippen LogP) is 2.06. The van der Waals surface area contributed by atoms with E-state index < -0.39 is 10.0 Å². The summed E-state index contributed by atoms with van der Waals surface area (Å²) in [5.41, 5.74) is 0.981. The minimum atomic E-state index is -3.68. The number of rotatable bonds is 4. The second-order valence-corrected chi connectivity index (χ2v) is 6.77. The molecular weight excluding hydrogens is 294 g/mol. The highest BCUT2D eigenvalue weighted by atomic mass is 35.5. The number of primary sulfonamides is 1. The van der Waals surface area contributed by atoms with E-state index in [0.717, 1.165) is 16.9 Å². The molecule has 0 aliphatic heterocycles. The molecule has 1 aromatic heterocycles. The third kappa shape index (κ3) is 3.42. The second-order valence-electron chi connectivity index (χ2n) is 3.51. The van der Waals surface area contributed by atoms with E-state index in [1.54, 1.807) is 6.07 Å². The Morgan fingerprint density at radius 3 is 2.83 bits per heavy atom. The smallest absolute Gasteiger partial charge is 0.249 e. The summed E-state index contributed by atoms with van der Waals surface area (Å²) in [7, 11) is -3.68. The molecule has 96 valence electrons. The lowest BCUT2D eigenvalue weighted by Crippen LogP contribution is -2.09. The minimum absolute atomic E-state index is 0.0381. The molecule has 0 aliphatic carbocycles. The topological polar surface area (TPSA) is 85.1 Å². The van der Waals surface area contributed by atoms with Crippen LogP contribution in [0.5, 0.6) is 0 Å². The van der Waals surface area contributed by atoms with Crippen LogP contribution in [0.4, 0.5) is 5.13 Å². The fourth-order valence-corrected chi connectivity index (χ4v) is 2.96. The van der Waals surface area contributed by atoms with Crippen LogP contribution < -0.4 is 10.5 Å². The number of halogens is 1. The van der Waals surface area contributed by atoms with Crippen LogP contribution in [0.2, 0.25) is 5.02 Å². The van der Waals surface area contributed by atoms with Crippen molar-refractivity contribution in [3.05, 3.63) is 41.0 Å². The van der Waals surface area contributed by atoms with Crippen LogP contribution in [-0.4, -0.2) is 13.4 Å². The van der Waals surface area contributed by atoms with Gasteiger partial charge in [-0.3, -0.25) is 0 Å². The Kier molecular flexibility index (Phi) is 3.86. The van der Waals surface area contributed by atoms with Gasteiger partial charge in [0.25, 0.3) is 0 Å². The van der Waals surface area contributed by atoms with Crippen LogP contribution >= 0.6 is 22.9 Å². The summed E-state index contributed by atoms with van der Waals surface area (Å²) in [6, 6.07) is 7.36. The summed E-state index contributed by atoms with van der Waals surface area (Å²) in [6.07, 6.45) is 1.24. The quantitative estimate of drug-likeness (QED) is 0.905. The fourth-order valence-electron chi connectivity index (χ4n) is 1.30. The van der Waals surface area contributed by atoms with Crippen molar-refractivity contribution in [1.29, 1.82) is 0 Å². The standard InChI is InChI=1S/C10H10ClN3O2S2/c11-8-3-1-2-7(4-8)5-13-10-14-6-9(17-10)18(12,15)16/h1-4,6H,5H2,(H,13,14)(H2,12,15,16). The number of nitrogens with two attached hydrogens (primary N) is 1. The predicted molar refractivity (Wildman–Crippen MR) is 72.3 cm³/mol. The van der Waals surface area contributed by atoms with Crippen molar-refractivity contribution in [3.8, 4) is 0 Å². The maximum Gasteiger partial charge on any atom is 0.249 e.